The molecular formula is C19H22N2O4. The molecule has 0 radical (unpaired) electrons. The number of benzene rings is 1. The molecule has 3 rings (SSSR count). The number of hydrogen-bond donors (Lipinski definition) is 1. The molecule has 2 amide bonds. The van der Waals surface area contributed by atoms with Crippen molar-refractivity contribution in [2.45, 2.75) is 25.8 Å². The first kappa shape index (κ1) is 17.1. The van der Waals surface area contributed by atoms with Crippen LogP contribution in [0.25, 0.3) is 0 Å². The second-order valence-corrected chi connectivity index (χ2v) is 6.20. The molecule has 1 aliphatic rings. The van der Waals surface area contributed by atoms with Crippen LogP contribution >= 0.6 is 0 Å². The molecule has 25 heavy (non-hydrogen) atoms. The Hall–Kier alpha value is -2.76. The number of rotatable bonds is 6. The molecule has 1 aromatic heterocycles. The van der Waals surface area contributed by atoms with Crippen LogP contribution in [0.3, 0.4) is 0 Å². The lowest BCUT2D eigenvalue weighted by Gasteiger charge is -2.17. The van der Waals surface area contributed by atoms with Gasteiger partial charge in [-0.05, 0) is 37.1 Å². The van der Waals surface area contributed by atoms with Gasteiger partial charge in [0.2, 0.25) is 5.91 Å². The zero-order valence-corrected chi connectivity index (χ0v) is 14.5. The van der Waals surface area contributed by atoms with Crippen LogP contribution in [0, 0.1) is 6.92 Å². The van der Waals surface area contributed by atoms with E-state index in [1.807, 2.05) is 24.3 Å². The second-order valence-electron chi connectivity index (χ2n) is 6.20. The molecular weight excluding hydrogens is 320 g/mol. The molecule has 0 saturated carbocycles. The van der Waals surface area contributed by atoms with Gasteiger partial charge in [0, 0.05) is 19.5 Å². The maximum absolute atomic E-state index is 12.2. The van der Waals surface area contributed by atoms with E-state index in [4.69, 9.17) is 9.15 Å². The van der Waals surface area contributed by atoms with Gasteiger partial charge in [0.1, 0.15) is 11.5 Å². The third-order valence-corrected chi connectivity index (χ3v) is 4.48. The summed E-state index contributed by atoms with van der Waals surface area (Å²) in [5, 5.41) is 2.92. The molecule has 2 aromatic rings. The van der Waals surface area contributed by atoms with Gasteiger partial charge in [0.05, 0.1) is 25.0 Å². The Labute approximate surface area is 146 Å². The first-order valence-corrected chi connectivity index (χ1v) is 8.32. The van der Waals surface area contributed by atoms with Crippen LogP contribution in [0.1, 0.15) is 28.1 Å². The quantitative estimate of drug-likeness (QED) is 0.873. The normalized spacial score (nSPS) is 17.0. The lowest BCUT2D eigenvalue weighted by molar-refractivity contribution is -0.127. The van der Waals surface area contributed by atoms with E-state index in [-0.39, 0.29) is 17.9 Å². The second kappa shape index (κ2) is 7.42. The maximum Gasteiger partial charge on any atom is 0.255 e. The summed E-state index contributed by atoms with van der Waals surface area (Å²) < 4.78 is 10.3. The van der Waals surface area contributed by atoms with Crippen molar-refractivity contribution in [3.63, 3.8) is 0 Å². The minimum Gasteiger partial charge on any atom is -0.497 e. The van der Waals surface area contributed by atoms with Crippen molar-refractivity contribution in [3.05, 3.63) is 53.5 Å². The number of likely N-dealkylation sites (tertiary alicyclic amines) is 1. The third kappa shape index (κ3) is 4.02. The average Bonchev–Trinajstić information content (AvgIpc) is 3.19. The molecule has 0 spiro atoms. The van der Waals surface area contributed by atoms with Crippen molar-refractivity contribution in [1.82, 2.24) is 10.2 Å². The van der Waals surface area contributed by atoms with Crippen molar-refractivity contribution in [1.29, 1.82) is 0 Å². The van der Waals surface area contributed by atoms with Gasteiger partial charge in [-0.15, -0.1) is 0 Å². The summed E-state index contributed by atoms with van der Waals surface area (Å²) in [4.78, 5) is 26.2. The Morgan fingerprint density at radius 2 is 2.08 bits per heavy atom. The van der Waals surface area contributed by atoms with E-state index in [0.717, 1.165) is 17.7 Å². The Morgan fingerprint density at radius 3 is 2.72 bits per heavy atom. The largest absolute Gasteiger partial charge is 0.497 e. The van der Waals surface area contributed by atoms with Crippen molar-refractivity contribution in [2.24, 2.45) is 0 Å². The fourth-order valence-electron chi connectivity index (χ4n) is 3.02. The summed E-state index contributed by atoms with van der Waals surface area (Å²) in [5.41, 5.74) is 1.67. The molecule has 132 valence electrons. The maximum atomic E-state index is 12.2. The molecule has 1 aromatic carbocycles. The Kier molecular flexibility index (Phi) is 5.07. The van der Waals surface area contributed by atoms with Crippen LogP contribution in [0.15, 0.2) is 41.0 Å². The Bertz CT molecular complexity index is 751. The molecule has 1 saturated heterocycles. The standard InChI is InChI=1S/C19H22N2O4/c1-13-17(8-10-25-13)19(23)20-15-11-18(22)21(12-15)9-7-14-3-5-16(24-2)6-4-14/h3-6,8,10,15H,7,9,11-12H2,1-2H3,(H,20,23)/t15-/m1/s1. The molecule has 1 atom stereocenters. The molecule has 0 unspecified atom stereocenters. The molecule has 0 aliphatic carbocycles. The van der Waals surface area contributed by atoms with Crippen molar-refractivity contribution in [2.75, 3.05) is 20.2 Å². The highest BCUT2D eigenvalue weighted by molar-refractivity contribution is 5.95. The summed E-state index contributed by atoms with van der Waals surface area (Å²) >= 11 is 0. The number of aryl methyl sites for hydroxylation is 1. The fraction of sp³-hybridized carbons (Fsp3) is 0.368. The summed E-state index contributed by atoms with van der Waals surface area (Å²) in [7, 11) is 1.64. The van der Waals surface area contributed by atoms with Crippen molar-refractivity contribution >= 4 is 11.8 Å². The number of ether oxygens (including phenoxy) is 1. The number of amides is 2. The highest BCUT2D eigenvalue weighted by atomic mass is 16.5. The van der Waals surface area contributed by atoms with Crippen LogP contribution < -0.4 is 10.1 Å². The lowest BCUT2D eigenvalue weighted by Crippen LogP contribution is -2.37. The molecule has 1 fully saturated rings. The Balaban J connectivity index is 1.51. The first-order chi connectivity index (χ1) is 12.1. The Morgan fingerprint density at radius 1 is 1.32 bits per heavy atom. The summed E-state index contributed by atoms with van der Waals surface area (Å²) in [6, 6.07) is 9.31. The zero-order chi connectivity index (χ0) is 17.8. The number of methoxy groups -OCH3 is 1. The topological polar surface area (TPSA) is 71.8 Å². The van der Waals surface area contributed by atoms with Crippen molar-refractivity contribution in [3.8, 4) is 5.75 Å². The van der Waals surface area contributed by atoms with Gasteiger partial charge in [-0.25, -0.2) is 0 Å². The highest BCUT2D eigenvalue weighted by Gasteiger charge is 2.30. The van der Waals surface area contributed by atoms with Crippen LogP contribution in [0.4, 0.5) is 0 Å². The van der Waals surface area contributed by atoms with Gasteiger partial charge in [0.25, 0.3) is 5.91 Å². The van der Waals surface area contributed by atoms with E-state index in [1.165, 1.54) is 6.26 Å². The van der Waals surface area contributed by atoms with E-state index >= 15 is 0 Å². The molecule has 6 heteroatoms. The number of furan rings is 1. The average molecular weight is 342 g/mol. The molecule has 1 N–H and O–H groups in total. The van der Waals surface area contributed by atoms with Gasteiger partial charge >= 0.3 is 0 Å². The number of carbonyl (C=O) groups excluding carboxylic acids is 2. The van der Waals surface area contributed by atoms with Gasteiger partial charge < -0.3 is 19.4 Å². The van der Waals surface area contributed by atoms with E-state index in [9.17, 15) is 9.59 Å². The van der Waals surface area contributed by atoms with Crippen LogP contribution in [-0.2, 0) is 11.2 Å². The van der Waals surface area contributed by atoms with Gasteiger partial charge in [-0.3, -0.25) is 9.59 Å². The summed E-state index contributed by atoms with van der Waals surface area (Å²) in [6.45, 7) is 2.93. The van der Waals surface area contributed by atoms with Crippen LogP contribution in [0.5, 0.6) is 5.75 Å². The van der Waals surface area contributed by atoms with Gasteiger partial charge in [-0.1, -0.05) is 12.1 Å². The predicted molar refractivity (Wildman–Crippen MR) is 92.6 cm³/mol. The number of carbonyl (C=O) groups is 2. The molecule has 1 aliphatic heterocycles. The number of nitrogens with one attached hydrogen (secondary N) is 1. The summed E-state index contributed by atoms with van der Waals surface area (Å²) in [5.74, 6) is 1.28. The van der Waals surface area contributed by atoms with E-state index in [1.54, 1.807) is 25.0 Å². The van der Waals surface area contributed by atoms with E-state index < -0.39 is 0 Å². The molecule has 6 nitrogen and oxygen atoms in total. The van der Waals surface area contributed by atoms with E-state index in [2.05, 4.69) is 5.32 Å². The van der Waals surface area contributed by atoms with Crippen LogP contribution in [0.2, 0.25) is 0 Å². The first-order valence-electron chi connectivity index (χ1n) is 8.32. The highest BCUT2D eigenvalue weighted by Crippen LogP contribution is 2.16. The fourth-order valence-corrected chi connectivity index (χ4v) is 3.02. The van der Waals surface area contributed by atoms with Gasteiger partial charge in [-0.2, -0.15) is 0 Å². The SMILES string of the molecule is COc1ccc(CCN2C[C@H](NC(=O)c3ccoc3C)CC2=O)cc1. The summed E-state index contributed by atoms with van der Waals surface area (Å²) in [6.07, 6.45) is 2.60. The zero-order valence-electron chi connectivity index (χ0n) is 14.5. The molecule has 2 heterocycles. The lowest BCUT2D eigenvalue weighted by atomic mass is 10.1. The number of nitrogens with zero attached hydrogens (tertiary/aromatic N) is 1. The van der Waals surface area contributed by atoms with Crippen molar-refractivity contribution < 1.29 is 18.7 Å². The third-order valence-electron chi connectivity index (χ3n) is 4.48. The monoisotopic (exact) mass is 342 g/mol. The number of hydrogen-bond acceptors (Lipinski definition) is 4. The smallest absolute Gasteiger partial charge is 0.255 e. The van der Waals surface area contributed by atoms with Gasteiger partial charge in [0.15, 0.2) is 0 Å². The minimum atomic E-state index is -0.193. The van der Waals surface area contributed by atoms with E-state index in [0.29, 0.717) is 30.8 Å². The predicted octanol–water partition coefficient (Wildman–Crippen LogP) is 2.17. The van der Waals surface area contributed by atoms with Crippen LogP contribution in [-0.4, -0.2) is 43.0 Å². The molecule has 0 bridgehead atoms. The minimum absolute atomic E-state index is 0.0720.